The summed E-state index contributed by atoms with van der Waals surface area (Å²) >= 11 is 2.35. The average molecular weight is 344 g/mol. The fraction of sp³-hybridized carbons (Fsp3) is 0.571. The first-order valence-electron chi connectivity index (χ1n) is 6.43. The number of nitrogens with two attached hydrogens (primary N) is 1. The van der Waals surface area contributed by atoms with Crippen molar-refractivity contribution in [1.29, 1.82) is 0 Å². The van der Waals surface area contributed by atoms with Crippen LogP contribution in [0.2, 0.25) is 0 Å². The molecule has 2 N–H and O–H groups in total. The van der Waals surface area contributed by atoms with E-state index < -0.39 is 0 Å². The summed E-state index contributed by atoms with van der Waals surface area (Å²) in [6.07, 6.45) is 3.90. The molecule has 1 fully saturated rings. The van der Waals surface area contributed by atoms with Crippen molar-refractivity contribution in [3.8, 4) is 0 Å². The quantitative estimate of drug-likeness (QED) is 0.854. The lowest BCUT2D eigenvalue weighted by atomic mass is 9.97. The third-order valence-corrected chi connectivity index (χ3v) is 4.51. The smallest absolute Gasteiger partial charge is 0.0323 e. The molecule has 0 spiro atoms. The number of hydrogen-bond acceptors (Lipinski definition) is 2. The van der Waals surface area contributed by atoms with Crippen molar-refractivity contribution >= 4 is 22.6 Å². The molecule has 2 atom stereocenters. The highest BCUT2D eigenvalue weighted by Crippen LogP contribution is 2.28. The summed E-state index contributed by atoms with van der Waals surface area (Å²) in [5.74, 6) is 0. The Kier molecular flexibility index (Phi) is 4.82. The first-order valence-corrected chi connectivity index (χ1v) is 7.51. The molecule has 0 aliphatic carbocycles. The van der Waals surface area contributed by atoms with Crippen LogP contribution in [-0.4, -0.2) is 24.0 Å². The Morgan fingerprint density at radius 3 is 2.71 bits per heavy atom. The largest absolute Gasteiger partial charge is 0.329 e. The molecule has 1 aliphatic rings. The van der Waals surface area contributed by atoms with Gasteiger partial charge in [0.1, 0.15) is 0 Å². The van der Waals surface area contributed by atoms with Gasteiger partial charge in [-0.2, -0.15) is 0 Å². The number of rotatable bonds is 3. The van der Waals surface area contributed by atoms with Gasteiger partial charge in [-0.3, -0.25) is 4.90 Å². The van der Waals surface area contributed by atoms with E-state index in [0.717, 1.165) is 6.54 Å². The lowest BCUT2D eigenvalue weighted by molar-refractivity contribution is 0.108. The van der Waals surface area contributed by atoms with E-state index in [-0.39, 0.29) is 0 Å². The number of piperidine rings is 1. The summed E-state index contributed by atoms with van der Waals surface area (Å²) in [7, 11) is 0. The number of nitrogens with zero attached hydrogens (tertiary/aromatic N) is 1. The van der Waals surface area contributed by atoms with Gasteiger partial charge in [0.05, 0.1) is 0 Å². The maximum atomic E-state index is 5.89. The van der Waals surface area contributed by atoms with Crippen molar-refractivity contribution in [3.05, 3.63) is 33.4 Å². The van der Waals surface area contributed by atoms with E-state index in [2.05, 4.69) is 58.7 Å². The van der Waals surface area contributed by atoms with Crippen LogP contribution in [0.5, 0.6) is 0 Å². The molecule has 3 heteroatoms. The summed E-state index contributed by atoms with van der Waals surface area (Å²) in [6.45, 7) is 4.28. The molecule has 1 aromatic carbocycles. The second kappa shape index (κ2) is 6.16. The van der Waals surface area contributed by atoms with Gasteiger partial charge in [-0.1, -0.05) is 18.6 Å². The van der Waals surface area contributed by atoms with E-state index >= 15 is 0 Å². The molecule has 1 aliphatic heterocycles. The third kappa shape index (κ3) is 3.20. The minimum absolute atomic E-state index is 0.487. The van der Waals surface area contributed by atoms with Crippen molar-refractivity contribution in [2.75, 3.05) is 13.1 Å². The second-order valence-electron chi connectivity index (χ2n) is 4.85. The summed E-state index contributed by atoms with van der Waals surface area (Å²) < 4.78 is 1.30. The summed E-state index contributed by atoms with van der Waals surface area (Å²) in [5.41, 5.74) is 7.30. The molecule has 1 heterocycles. The summed E-state index contributed by atoms with van der Waals surface area (Å²) in [6, 6.07) is 9.92. The molecule has 0 radical (unpaired) electrons. The molecule has 94 valence electrons. The van der Waals surface area contributed by atoms with Gasteiger partial charge in [0.15, 0.2) is 0 Å². The fourth-order valence-electron chi connectivity index (χ4n) is 2.72. The maximum Gasteiger partial charge on any atom is 0.0323 e. The monoisotopic (exact) mass is 344 g/mol. The third-order valence-electron chi connectivity index (χ3n) is 3.79. The standard InChI is InChI=1S/C14H21IN2/c1-11(12-5-7-13(15)8-6-12)17-9-3-2-4-14(17)10-16/h5-8,11,14H,2-4,9-10,16H2,1H3. The Hall–Kier alpha value is -0.130. The van der Waals surface area contributed by atoms with Gasteiger partial charge in [-0.15, -0.1) is 0 Å². The molecule has 1 aromatic rings. The van der Waals surface area contributed by atoms with Crippen molar-refractivity contribution in [2.45, 2.75) is 38.3 Å². The van der Waals surface area contributed by atoms with Crippen molar-refractivity contribution in [3.63, 3.8) is 0 Å². The highest BCUT2D eigenvalue weighted by Gasteiger charge is 2.25. The Labute approximate surface area is 118 Å². The van der Waals surface area contributed by atoms with Gasteiger partial charge in [-0.05, 0) is 66.6 Å². The molecule has 0 bridgehead atoms. The molecular weight excluding hydrogens is 323 g/mol. The van der Waals surface area contributed by atoms with Gasteiger partial charge >= 0.3 is 0 Å². The molecule has 1 saturated heterocycles. The number of benzene rings is 1. The van der Waals surface area contributed by atoms with Gasteiger partial charge in [-0.25, -0.2) is 0 Å². The lowest BCUT2D eigenvalue weighted by Gasteiger charge is -2.39. The van der Waals surface area contributed by atoms with Crippen molar-refractivity contribution < 1.29 is 0 Å². The highest BCUT2D eigenvalue weighted by atomic mass is 127. The van der Waals surface area contributed by atoms with Gasteiger partial charge in [0.25, 0.3) is 0 Å². The van der Waals surface area contributed by atoms with Crippen LogP contribution in [-0.2, 0) is 0 Å². The topological polar surface area (TPSA) is 29.3 Å². The normalized spacial score (nSPS) is 23.6. The van der Waals surface area contributed by atoms with Crippen molar-refractivity contribution in [1.82, 2.24) is 4.90 Å². The van der Waals surface area contributed by atoms with Crippen LogP contribution in [0.25, 0.3) is 0 Å². The minimum Gasteiger partial charge on any atom is -0.329 e. The molecule has 0 aromatic heterocycles. The Morgan fingerprint density at radius 2 is 2.06 bits per heavy atom. The molecule has 0 amide bonds. The molecule has 2 rings (SSSR count). The SMILES string of the molecule is CC(c1ccc(I)cc1)N1CCCCC1CN. The van der Waals surface area contributed by atoms with Crippen LogP contribution in [0, 0.1) is 3.57 Å². The maximum absolute atomic E-state index is 5.89. The van der Waals surface area contributed by atoms with E-state index in [9.17, 15) is 0 Å². The molecular formula is C14H21IN2. The zero-order valence-electron chi connectivity index (χ0n) is 10.4. The minimum atomic E-state index is 0.487. The highest BCUT2D eigenvalue weighted by molar-refractivity contribution is 14.1. The number of hydrogen-bond donors (Lipinski definition) is 1. The lowest BCUT2D eigenvalue weighted by Crippen LogP contribution is -2.45. The van der Waals surface area contributed by atoms with Crippen LogP contribution in [0.1, 0.15) is 37.8 Å². The van der Waals surface area contributed by atoms with Gasteiger partial charge in [0, 0.05) is 22.2 Å². The Morgan fingerprint density at radius 1 is 1.35 bits per heavy atom. The zero-order valence-corrected chi connectivity index (χ0v) is 12.6. The molecule has 2 nitrogen and oxygen atoms in total. The predicted molar refractivity (Wildman–Crippen MR) is 81.0 cm³/mol. The average Bonchev–Trinajstić information content (AvgIpc) is 2.39. The number of halogens is 1. The van der Waals surface area contributed by atoms with Crippen molar-refractivity contribution in [2.24, 2.45) is 5.73 Å². The van der Waals surface area contributed by atoms with E-state index in [1.54, 1.807) is 0 Å². The van der Waals surface area contributed by atoms with Crippen LogP contribution in [0.4, 0.5) is 0 Å². The van der Waals surface area contributed by atoms with Gasteiger partial charge in [0.2, 0.25) is 0 Å². The Balaban J connectivity index is 2.12. The molecule has 0 saturated carbocycles. The van der Waals surface area contributed by atoms with E-state index in [4.69, 9.17) is 5.73 Å². The Bertz CT molecular complexity index is 350. The summed E-state index contributed by atoms with van der Waals surface area (Å²) in [5, 5.41) is 0. The fourth-order valence-corrected chi connectivity index (χ4v) is 3.08. The van der Waals surface area contributed by atoms with E-state index in [0.29, 0.717) is 12.1 Å². The first kappa shape index (κ1) is 13.3. The van der Waals surface area contributed by atoms with Crippen LogP contribution in [0.3, 0.4) is 0 Å². The van der Waals surface area contributed by atoms with Crippen LogP contribution in [0.15, 0.2) is 24.3 Å². The van der Waals surface area contributed by atoms with E-state index in [1.165, 1.54) is 34.9 Å². The predicted octanol–water partition coefficient (Wildman–Crippen LogP) is 3.17. The van der Waals surface area contributed by atoms with Gasteiger partial charge < -0.3 is 5.73 Å². The zero-order chi connectivity index (χ0) is 12.3. The van der Waals surface area contributed by atoms with Crippen LogP contribution >= 0.6 is 22.6 Å². The molecule has 17 heavy (non-hydrogen) atoms. The summed E-state index contributed by atoms with van der Waals surface area (Å²) in [4.78, 5) is 2.58. The molecule has 2 unspecified atom stereocenters. The van der Waals surface area contributed by atoms with E-state index in [1.807, 2.05) is 0 Å². The second-order valence-corrected chi connectivity index (χ2v) is 6.10. The number of likely N-dealkylation sites (tertiary alicyclic amines) is 1. The first-order chi connectivity index (χ1) is 8.22. The van der Waals surface area contributed by atoms with Crippen LogP contribution < -0.4 is 5.73 Å².